The Balaban J connectivity index is 3.20. The fraction of sp³-hybridized carbons (Fsp3) is 0.429. The van der Waals surface area contributed by atoms with Gasteiger partial charge in [-0.15, -0.1) is 11.8 Å². The van der Waals surface area contributed by atoms with E-state index in [9.17, 15) is 14.0 Å². The molecule has 1 rings (SSSR count). The van der Waals surface area contributed by atoms with Crippen LogP contribution in [-0.2, 0) is 9.53 Å². The summed E-state index contributed by atoms with van der Waals surface area (Å²) in [7, 11) is 0. The van der Waals surface area contributed by atoms with Crippen LogP contribution < -0.4 is 0 Å². The highest BCUT2D eigenvalue weighted by molar-refractivity contribution is 8.00. The Morgan fingerprint density at radius 3 is 2.65 bits per heavy atom. The minimum absolute atomic E-state index is 0.0555. The van der Waals surface area contributed by atoms with Crippen LogP contribution in [0.5, 0.6) is 0 Å². The SMILES string of the molecule is CCOC(=O)C(Sc1cc(C(=O)N=[N+]=[N-])c(F)cc1Cl)C(C)C. The largest absolute Gasteiger partial charge is 0.465 e. The molecule has 0 N–H and O–H groups in total. The molecule has 0 spiro atoms. The summed E-state index contributed by atoms with van der Waals surface area (Å²) in [6.45, 7) is 5.60. The molecule has 0 fully saturated rings. The summed E-state index contributed by atoms with van der Waals surface area (Å²) in [5, 5.41) is 2.35. The Bertz CT molecular complexity index is 663. The molecule has 1 amide bonds. The molecule has 9 heteroatoms. The second-order valence-corrected chi connectivity index (χ2v) is 6.38. The van der Waals surface area contributed by atoms with E-state index in [1.54, 1.807) is 6.92 Å². The van der Waals surface area contributed by atoms with Gasteiger partial charge >= 0.3 is 5.97 Å². The molecule has 6 nitrogen and oxygen atoms in total. The summed E-state index contributed by atoms with van der Waals surface area (Å²) in [5.41, 5.74) is 7.88. The number of esters is 1. The normalized spacial score (nSPS) is 11.7. The molecule has 0 aliphatic carbocycles. The van der Waals surface area contributed by atoms with Gasteiger partial charge in [0.2, 0.25) is 0 Å². The molecular weight excluding hydrogens is 345 g/mol. The molecule has 0 bridgehead atoms. The summed E-state index contributed by atoms with van der Waals surface area (Å²) >= 11 is 7.06. The average Bonchev–Trinajstić information content (AvgIpc) is 2.46. The van der Waals surface area contributed by atoms with E-state index in [4.69, 9.17) is 21.9 Å². The van der Waals surface area contributed by atoms with Crippen LogP contribution in [0, 0.1) is 11.7 Å². The third-order valence-electron chi connectivity index (χ3n) is 2.77. The van der Waals surface area contributed by atoms with Crippen molar-refractivity contribution < 1.29 is 18.7 Å². The van der Waals surface area contributed by atoms with Gasteiger partial charge in [-0.2, -0.15) is 0 Å². The van der Waals surface area contributed by atoms with Crippen LogP contribution in [0.2, 0.25) is 5.02 Å². The number of azide groups is 1. The van der Waals surface area contributed by atoms with Gasteiger partial charge in [0.15, 0.2) is 0 Å². The van der Waals surface area contributed by atoms with Gasteiger partial charge in [0.1, 0.15) is 11.1 Å². The average molecular weight is 360 g/mol. The molecule has 23 heavy (non-hydrogen) atoms. The Kier molecular flexibility index (Phi) is 7.35. The van der Waals surface area contributed by atoms with Gasteiger partial charge in [0, 0.05) is 9.81 Å². The summed E-state index contributed by atoms with van der Waals surface area (Å²) in [6.07, 6.45) is 0. The molecule has 0 aliphatic rings. The molecule has 0 saturated heterocycles. The van der Waals surface area contributed by atoms with Crippen LogP contribution in [0.3, 0.4) is 0 Å². The number of rotatable bonds is 6. The van der Waals surface area contributed by atoms with Crippen molar-refractivity contribution >= 4 is 35.2 Å². The van der Waals surface area contributed by atoms with Gasteiger partial charge in [0.05, 0.1) is 17.2 Å². The number of thioether (sulfide) groups is 1. The Morgan fingerprint density at radius 2 is 2.13 bits per heavy atom. The van der Waals surface area contributed by atoms with Crippen molar-refractivity contribution in [3.05, 3.63) is 39.0 Å². The fourth-order valence-corrected chi connectivity index (χ4v) is 3.05. The van der Waals surface area contributed by atoms with Crippen molar-refractivity contribution in [2.45, 2.75) is 30.9 Å². The van der Waals surface area contributed by atoms with E-state index in [-0.39, 0.29) is 17.5 Å². The van der Waals surface area contributed by atoms with Gasteiger partial charge in [-0.05, 0) is 35.6 Å². The Labute approximate surface area is 142 Å². The highest BCUT2D eigenvalue weighted by atomic mass is 35.5. The number of ether oxygens (including phenoxy) is 1. The smallest absolute Gasteiger partial charge is 0.319 e. The summed E-state index contributed by atoms with van der Waals surface area (Å²) in [6, 6.07) is 2.13. The quantitative estimate of drug-likeness (QED) is 0.244. The van der Waals surface area contributed by atoms with Gasteiger partial charge < -0.3 is 4.74 Å². The van der Waals surface area contributed by atoms with Crippen molar-refractivity contribution in [2.24, 2.45) is 11.0 Å². The van der Waals surface area contributed by atoms with Crippen molar-refractivity contribution in [3.8, 4) is 0 Å². The number of halogens is 2. The first-order chi connectivity index (χ1) is 10.8. The number of carbonyl (C=O) groups is 2. The van der Waals surface area contributed by atoms with Crippen molar-refractivity contribution in [1.82, 2.24) is 0 Å². The predicted octanol–water partition coefficient (Wildman–Crippen LogP) is 4.61. The third kappa shape index (κ3) is 5.13. The first-order valence-electron chi connectivity index (χ1n) is 6.73. The van der Waals surface area contributed by atoms with E-state index in [1.165, 1.54) is 6.07 Å². The number of hydrogen-bond donors (Lipinski definition) is 0. The number of benzene rings is 1. The van der Waals surface area contributed by atoms with Crippen LogP contribution in [0.4, 0.5) is 4.39 Å². The molecule has 0 saturated carbocycles. The summed E-state index contributed by atoms with van der Waals surface area (Å²) in [4.78, 5) is 26.2. The van der Waals surface area contributed by atoms with Crippen molar-refractivity contribution in [1.29, 1.82) is 0 Å². The lowest BCUT2D eigenvalue weighted by Crippen LogP contribution is -2.25. The predicted molar refractivity (Wildman–Crippen MR) is 86.0 cm³/mol. The van der Waals surface area contributed by atoms with Gasteiger partial charge in [0.25, 0.3) is 5.91 Å². The number of nitrogens with zero attached hydrogens (tertiary/aromatic N) is 3. The molecule has 1 unspecified atom stereocenters. The second-order valence-electron chi connectivity index (χ2n) is 4.79. The molecule has 0 aromatic heterocycles. The Hall–Kier alpha value is -1.76. The number of carbonyl (C=O) groups excluding carboxylic acids is 2. The highest BCUT2D eigenvalue weighted by Gasteiger charge is 2.26. The van der Waals surface area contributed by atoms with E-state index in [0.717, 1.165) is 17.8 Å². The zero-order valence-corrected chi connectivity index (χ0v) is 14.3. The van der Waals surface area contributed by atoms with Gasteiger partial charge in [-0.3, -0.25) is 9.59 Å². The second kappa shape index (κ2) is 8.76. The van der Waals surface area contributed by atoms with Crippen LogP contribution in [0.15, 0.2) is 22.1 Å². The van der Waals surface area contributed by atoms with E-state index >= 15 is 0 Å². The van der Waals surface area contributed by atoms with Gasteiger partial charge in [-0.1, -0.05) is 25.4 Å². The van der Waals surface area contributed by atoms with Crippen LogP contribution in [0.25, 0.3) is 10.4 Å². The molecular formula is C14H15ClFN3O3S. The molecule has 1 aromatic carbocycles. The highest BCUT2D eigenvalue weighted by Crippen LogP contribution is 2.36. The van der Waals surface area contributed by atoms with Crippen molar-refractivity contribution in [3.63, 3.8) is 0 Å². The lowest BCUT2D eigenvalue weighted by atomic mass is 10.1. The summed E-state index contributed by atoms with van der Waals surface area (Å²) < 4.78 is 18.8. The van der Waals surface area contributed by atoms with Crippen LogP contribution in [-0.4, -0.2) is 23.7 Å². The maximum atomic E-state index is 13.8. The van der Waals surface area contributed by atoms with E-state index in [0.29, 0.717) is 4.90 Å². The molecule has 1 atom stereocenters. The number of amides is 1. The molecule has 1 aromatic rings. The number of hydrogen-bond acceptors (Lipinski definition) is 4. The topological polar surface area (TPSA) is 92.1 Å². The minimum Gasteiger partial charge on any atom is -0.465 e. The minimum atomic E-state index is -1.05. The lowest BCUT2D eigenvalue weighted by molar-refractivity contribution is -0.143. The first kappa shape index (κ1) is 19.3. The van der Waals surface area contributed by atoms with Gasteiger partial charge in [-0.25, -0.2) is 4.39 Å². The fourth-order valence-electron chi connectivity index (χ4n) is 1.70. The summed E-state index contributed by atoms with van der Waals surface area (Å²) in [5.74, 6) is -2.44. The molecule has 124 valence electrons. The maximum absolute atomic E-state index is 13.8. The first-order valence-corrected chi connectivity index (χ1v) is 7.99. The van der Waals surface area contributed by atoms with Crippen LogP contribution in [0.1, 0.15) is 31.1 Å². The lowest BCUT2D eigenvalue weighted by Gasteiger charge is -2.19. The van der Waals surface area contributed by atoms with E-state index in [1.807, 2.05) is 13.8 Å². The zero-order valence-electron chi connectivity index (χ0n) is 12.7. The zero-order chi connectivity index (χ0) is 17.6. The molecule has 0 radical (unpaired) electrons. The van der Waals surface area contributed by atoms with Crippen molar-refractivity contribution in [2.75, 3.05) is 6.61 Å². The molecule has 0 aliphatic heterocycles. The molecule has 0 heterocycles. The maximum Gasteiger partial charge on any atom is 0.319 e. The van der Waals surface area contributed by atoms with Crippen LogP contribution >= 0.6 is 23.4 Å². The van der Waals surface area contributed by atoms with E-state index in [2.05, 4.69) is 10.0 Å². The van der Waals surface area contributed by atoms with E-state index < -0.39 is 28.5 Å². The Morgan fingerprint density at radius 1 is 1.48 bits per heavy atom. The third-order valence-corrected chi connectivity index (χ3v) is 4.77. The monoisotopic (exact) mass is 359 g/mol. The standard InChI is InChI=1S/C14H15ClFN3O3S/c1-4-22-14(21)12(7(2)3)23-11-5-8(13(20)18-19-17)10(16)6-9(11)15/h5-7,12H,4H2,1-3H3.